The van der Waals surface area contributed by atoms with Crippen LogP contribution < -0.4 is 5.73 Å². The van der Waals surface area contributed by atoms with E-state index in [9.17, 15) is 18.0 Å². The van der Waals surface area contributed by atoms with E-state index in [1.54, 1.807) is 0 Å². The van der Waals surface area contributed by atoms with E-state index in [0.29, 0.717) is 12.8 Å². The van der Waals surface area contributed by atoms with Crippen molar-refractivity contribution in [3.63, 3.8) is 0 Å². The summed E-state index contributed by atoms with van der Waals surface area (Å²) in [7, 11) is 0. The molecule has 0 aromatic heterocycles. The highest BCUT2D eigenvalue weighted by atomic mass is 19.4. The van der Waals surface area contributed by atoms with Crippen molar-refractivity contribution in [2.45, 2.75) is 43.7 Å². The molecule has 0 aliphatic heterocycles. The Kier molecular flexibility index (Phi) is 3.19. The number of nitrogens with two attached hydrogens (primary N) is 1. The van der Waals surface area contributed by atoms with Crippen LogP contribution in [0.2, 0.25) is 0 Å². The number of primary amides is 1. The molecule has 1 aromatic carbocycles. The molecule has 24 heavy (non-hydrogen) atoms. The molecule has 2 N–H and O–H groups in total. The van der Waals surface area contributed by atoms with E-state index in [1.807, 2.05) is 18.2 Å². The van der Waals surface area contributed by atoms with E-state index in [4.69, 9.17) is 5.73 Å². The van der Waals surface area contributed by atoms with E-state index in [0.717, 1.165) is 18.4 Å². The standard InChI is InChI=1S/C19H20F3NO/c20-19(21,22)7-6-14-12-8-17(13-4-2-1-3-5-13)10-15(14)18(9-12,11-17)16(23)24/h1-6,12,15H,7-11H2,(H2,23,24)/b14-6-. The Morgan fingerprint density at radius 1 is 1.21 bits per heavy atom. The summed E-state index contributed by atoms with van der Waals surface area (Å²) in [5.41, 5.74) is 7.00. The fourth-order valence-corrected chi connectivity index (χ4v) is 5.73. The van der Waals surface area contributed by atoms with Crippen molar-refractivity contribution >= 4 is 5.91 Å². The van der Waals surface area contributed by atoms with E-state index < -0.39 is 18.0 Å². The molecule has 0 heterocycles. The quantitative estimate of drug-likeness (QED) is 0.830. The predicted octanol–water partition coefficient (Wildman–Crippen LogP) is 4.11. The number of alkyl halides is 3. The van der Waals surface area contributed by atoms with Crippen molar-refractivity contribution in [2.24, 2.45) is 23.0 Å². The number of hydrogen-bond donors (Lipinski definition) is 1. The molecule has 4 fully saturated rings. The van der Waals surface area contributed by atoms with Gasteiger partial charge in [0.25, 0.3) is 0 Å². The summed E-state index contributed by atoms with van der Waals surface area (Å²) in [6.07, 6.45) is -0.936. The monoisotopic (exact) mass is 335 g/mol. The summed E-state index contributed by atoms with van der Waals surface area (Å²) in [4.78, 5) is 12.3. The van der Waals surface area contributed by atoms with Gasteiger partial charge in [0.15, 0.2) is 0 Å². The number of benzene rings is 1. The number of amides is 1. The molecule has 4 saturated carbocycles. The highest BCUT2D eigenvalue weighted by molar-refractivity contribution is 5.84. The molecule has 4 unspecified atom stereocenters. The van der Waals surface area contributed by atoms with Gasteiger partial charge < -0.3 is 5.73 Å². The van der Waals surface area contributed by atoms with Gasteiger partial charge in [0.2, 0.25) is 5.91 Å². The lowest BCUT2D eigenvalue weighted by molar-refractivity contribution is -0.129. The molecular weight excluding hydrogens is 315 g/mol. The summed E-state index contributed by atoms with van der Waals surface area (Å²) in [5, 5.41) is 0. The number of halogens is 3. The number of hydrogen-bond acceptors (Lipinski definition) is 1. The normalized spacial score (nSPS) is 38.9. The Labute approximate surface area is 138 Å². The average Bonchev–Trinajstić information content (AvgIpc) is 2.89. The van der Waals surface area contributed by atoms with Crippen LogP contribution in [0.5, 0.6) is 0 Å². The van der Waals surface area contributed by atoms with Gasteiger partial charge >= 0.3 is 6.18 Å². The molecule has 5 rings (SSSR count). The van der Waals surface area contributed by atoms with Crippen molar-refractivity contribution in [2.75, 3.05) is 0 Å². The van der Waals surface area contributed by atoms with Gasteiger partial charge in [0.05, 0.1) is 11.8 Å². The van der Waals surface area contributed by atoms with Gasteiger partial charge in [-0.2, -0.15) is 13.2 Å². The maximum atomic E-state index is 12.7. The van der Waals surface area contributed by atoms with Crippen LogP contribution in [0.3, 0.4) is 0 Å². The first kappa shape index (κ1) is 15.7. The minimum absolute atomic E-state index is 0.0487. The number of carbonyl (C=O) groups excluding carboxylic acids is 1. The number of carbonyl (C=O) groups is 1. The lowest BCUT2D eigenvalue weighted by Gasteiger charge is -2.41. The van der Waals surface area contributed by atoms with Crippen molar-refractivity contribution in [3.05, 3.63) is 47.5 Å². The highest BCUT2D eigenvalue weighted by Gasteiger charge is 2.68. The van der Waals surface area contributed by atoms with Crippen LogP contribution >= 0.6 is 0 Å². The Balaban J connectivity index is 1.74. The van der Waals surface area contributed by atoms with Gasteiger partial charge in [0, 0.05) is 0 Å². The third kappa shape index (κ3) is 2.13. The summed E-state index contributed by atoms with van der Waals surface area (Å²) >= 11 is 0. The van der Waals surface area contributed by atoms with E-state index in [2.05, 4.69) is 12.1 Å². The van der Waals surface area contributed by atoms with Gasteiger partial charge in [-0.1, -0.05) is 42.0 Å². The van der Waals surface area contributed by atoms with E-state index >= 15 is 0 Å². The lowest BCUT2D eigenvalue weighted by atomic mass is 9.63. The van der Waals surface area contributed by atoms with Crippen LogP contribution in [-0.4, -0.2) is 12.1 Å². The number of allylic oxidation sites excluding steroid dienone is 2. The molecule has 4 aliphatic carbocycles. The topological polar surface area (TPSA) is 43.1 Å². The molecule has 4 bridgehead atoms. The smallest absolute Gasteiger partial charge is 0.369 e. The molecule has 1 aromatic rings. The zero-order valence-corrected chi connectivity index (χ0v) is 13.3. The second-order valence-corrected chi connectivity index (χ2v) is 7.73. The zero-order chi connectivity index (χ0) is 17.2. The summed E-state index contributed by atoms with van der Waals surface area (Å²) < 4.78 is 38.0. The van der Waals surface area contributed by atoms with Crippen molar-refractivity contribution in [3.8, 4) is 0 Å². The third-order valence-electron chi connectivity index (χ3n) is 6.48. The molecule has 4 aliphatic rings. The largest absolute Gasteiger partial charge is 0.392 e. The molecule has 0 saturated heterocycles. The van der Waals surface area contributed by atoms with Crippen LogP contribution in [0.1, 0.15) is 37.7 Å². The minimum Gasteiger partial charge on any atom is -0.369 e. The molecule has 0 radical (unpaired) electrons. The average molecular weight is 335 g/mol. The van der Waals surface area contributed by atoms with Crippen molar-refractivity contribution in [1.29, 1.82) is 0 Å². The second kappa shape index (κ2) is 4.87. The molecular formula is C19H20F3NO. The Bertz CT molecular complexity index is 711. The minimum atomic E-state index is -4.20. The fraction of sp³-hybridized carbons (Fsp3) is 0.526. The van der Waals surface area contributed by atoms with E-state index in [1.165, 1.54) is 11.6 Å². The Morgan fingerprint density at radius 3 is 2.54 bits per heavy atom. The van der Waals surface area contributed by atoms with Gasteiger partial charge in [-0.25, -0.2) is 0 Å². The third-order valence-corrected chi connectivity index (χ3v) is 6.48. The summed E-state index contributed by atoms with van der Waals surface area (Å²) in [6, 6.07) is 10.1. The molecule has 128 valence electrons. The Hall–Kier alpha value is -1.78. The predicted molar refractivity (Wildman–Crippen MR) is 84.0 cm³/mol. The second-order valence-electron chi connectivity index (χ2n) is 7.73. The van der Waals surface area contributed by atoms with Crippen molar-refractivity contribution < 1.29 is 18.0 Å². The van der Waals surface area contributed by atoms with Gasteiger partial charge in [-0.3, -0.25) is 4.79 Å². The van der Waals surface area contributed by atoms with Gasteiger partial charge in [-0.15, -0.1) is 0 Å². The first-order valence-electron chi connectivity index (χ1n) is 8.38. The summed E-state index contributed by atoms with van der Waals surface area (Å²) in [6.45, 7) is 0. The van der Waals surface area contributed by atoms with Crippen molar-refractivity contribution in [1.82, 2.24) is 0 Å². The van der Waals surface area contributed by atoms with Crippen LogP contribution in [0.15, 0.2) is 42.0 Å². The van der Waals surface area contributed by atoms with Crippen LogP contribution in [0.4, 0.5) is 13.2 Å². The number of rotatable bonds is 3. The first-order valence-corrected chi connectivity index (χ1v) is 8.38. The van der Waals surface area contributed by atoms with E-state index in [-0.39, 0.29) is 23.2 Å². The molecule has 0 spiro atoms. The molecule has 5 heteroatoms. The van der Waals surface area contributed by atoms with Gasteiger partial charge in [0.1, 0.15) is 0 Å². The maximum Gasteiger partial charge on any atom is 0.392 e. The van der Waals surface area contributed by atoms with Crippen LogP contribution in [0.25, 0.3) is 0 Å². The van der Waals surface area contributed by atoms with Crippen LogP contribution in [0, 0.1) is 17.3 Å². The molecule has 1 amide bonds. The first-order chi connectivity index (χ1) is 11.3. The molecule has 2 nitrogen and oxygen atoms in total. The lowest BCUT2D eigenvalue weighted by Crippen LogP contribution is -2.41. The molecule has 4 atom stereocenters. The summed E-state index contributed by atoms with van der Waals surface area (Å²) in [5.74, 6) is -0.422. The highest BCUT2D eigenvalue weighted by Crippen LogP contribution is 2.72. The SMILES string of the molecule is NC(=O)C12CC3CC(c4ccccc4)(CC1/C3=C\CC(F)(F)F)C2. The fourth-order valence-electron chi connectivity index (χ4n) is 5.73. The van der Waals surface area contributed by atoms with Crippen LogP contribution in [-0.2, 0) is 10.2 Å². The maximum absolute atomic E-state index is 12.7. The zero-order valence-electron chi connectivity index (χ0n) is 13.3. The Morgan fingerprint density at radius 2 is 1.92 bits per heavy atom. The van der Waals surface area contributed by atoms with Gasteiger partial charge in [-0.05, 0) is 48.5 Å².